The van der Waals surface area contributed by atoms with Crippen LogP contribution in [0.1, 0.15) is 0 Å². The topological polar surface area (TPSA) is 31.9 Å². The van der Waals surface area contributed by atoms with Gasteiger partial charge in [0.05, 0.1) is 16.0 Å². The van der Waals surface area contributed by atoms with Crippen molar-refractivity contribution in [2.75, 3.05) is 11.9 Å². The summed E-state index contributed by atoms with van der Waals surface area (Å²) in [5.41, 5.74) is 2.05. The van der Waals surface area contributed by atoms with Crippen molar-refractivity contribution in [1.82, 2.24) is 9.97 Å². The Morgan fingerprint density at radius 3 is 2.88 bits per heavy atom. The largest absolute Gasteiger partial charge is 0.324 e. The maximum absolute atomic E-state index is 4.56. The van der Waals surface area contributed by atoms with Crippen molar-refractivity contribution in [3.8, 4) is 0 Å². The minimum Gasteiger partial charge on any atom is -0.324 e. The van der Waals surface area contributed by atoms with Gasteiger partial charge in [-0.2, -0.15) is 0 Å². The molecule has 3 aromatic rings. The Morgan fingerprint density at radius 1 is 1.35 bits per heavy atom. The quantitative estimate of drug-likeness (QED) is 0.771. The normalized spacial score (nSPS) is 10.9. The van der Waals surface area contributed by atoms with Crippen molar-refractivity contribution in [1.29, 1.82) is 0 Å². The maximum atomic E-state index is 4.56. The SMILES string of the molecule is CN(c1nc2ccccc2[nH]1)c1cc(Br)cs1. The molecule has 5 heteroatoms. The van der Waals surface area contributed by atoms with E-state index in [4.69, 9.17) is 0 Å². The Kier molecular flexibility index (Phi) is 2.64. The van der Waals surface area contributed by atoms with E-state index in [0.717, 1.165) is 26.5 Å². The van der Waals surface area contributed by atoms with Crippen LogP contribution in [0.2, 0.25) is 0 Å². The van der Waals surface area contributed by atoms with Gasteiger partial charge in [0.2, 0.25) is 5.95 Å². The summed E-state index contributed by atoms with van der Waals surface area (Å²) in [5.74, 6) is 0.862. The molecule has 0 aliphatic rings. The Bertz CT molecular complexity index is 625. The molecule has 0 spiro atoms. The van der Waals surface area contributed by atoms with Crippen molar-refractivity contribution in [3.05, 3.63) is 40.2 Å². The summed E-state index contributed by atoms with van der Waals surface area (Å²) in [6, 6.07) is 10.1. The van der Waals surface area contributed by atoms with Crippen molar-refractivity contribution < 1.29 is 0 Å². The van der Waals surface area contributed by atoms with Crippen LogP contribution >= 0.6 is 27.3 Å². The highest BCUT2D eigenvalue weighted by molar-refractivity contribution is 9.10. The Morgan fingerprint density at radius 2 is 2.18 bits per heavy atom. The van der Waals surface area contributed by atoms with Crippen LogP contribution in [0.15, 0.2) is 40.2 Å². The standard InChI is InChI=1S/C12H10BrN3S/c1-16(11-6-8(13)7-17-11)12-14-9-4-2-3-5-10(9)15-12/h2-7H,1H3,(H,14,15). The molecule has 0 atom stereocenters. The number of hydrogen-bond donors (Lipinski definition) is 1. The number of imidazole rings is 1. The van der Waals surface area contributed by atoms with Crippen molar-refractivity contribution in [2.45, 2.75) is 0 Å². The van der Waals surface area contributed by atoms with Gasteiger partial charge in [-0.25, -0.2) is 4.98 Å². The summed E-state index contributed by atoms with van der Waals surface area (Å²) in [4.78, 5) is 9.92. The zero-order chi connectivity index (χ0) is 11.8. The van der Waals surface area contributed by atoms with Crippen molar-refractivity contribution >= 4 is 49.2 Å². The van der Waals surface area contributed by atoms with Crippen molar-refractivity contribution in [3.63, 3.8) is 0 Å². The van der Waals surface area contributed by atoms with E-state index in [-0.39, 0.29) is 0 Å². The second-order valence-corrected chi connectivity index (χ2v) is 5.55. The third kappa shape index (κ3) is 1.96. The van der Waals surface area contributed by atoms with E-state index in [2.05, 4.69) is 42.2 Å². The molecule has 0 bridgehead atoms. The van der Waals surface area contributed by atoms with Crippen LogP contribution in [-0.2, 0) is 0 Å². The van der Waals surface area contributed by atoms with Crippen LogP contribution in [0, 0.1) is 0 Å². The van der Waals surface area contributed by atoms with E-state index in [9.17, 15) is 0 Å². The smallest absolute Gasteiger partial charge is 0.208 e. The zero-order valence-electron chi connectivity index (χ0n) is 9.14. The summed E-state index contributed by atoms with van der Waals surface area (Å²) < 4.78 is 1.10. The molecule has 17 heavy (non-hydrogen) atoms. The number of rotatable bonds is 2. The van der Waals surface area contributed by atoms with Gasteiger partial charge >= 0.3 is 0 Å². The monoisotopic (exact) mass is 307 g/mol. The molecule has 0 aliphatic carbocycles. The average Bonchev–Trinajstić information content (AvgIpc) is 2.93. The molecule has 1 N–H and O–H groups in total. The second kappa shape index (κ2) is 4.16. The Hall–Kier alpha value is -1.33. The van der Waals surface area contributed by atoms with E-state index in [1.807, 2.05) is 31.3 Å². The highest BCUT2D eigenvalue weighted by atomic mass is 79.9. The fourth-order valence-electron chi connectivity index (χ4n) is 1.68. The van der Waals surface area contributed by atoms with Gasteiger partial charge in [0.15, 0.2) is 0 Å². The zero-order valence-corrected chi connectivity index (χ0v) is 11.5. The van der Waals surface area contributed by atoms with Crippen LogP contribution in [0.5, 0.6) is 0 Å². The molecule has 86 valence electrons. The molecule has 0 radical (unpaired) electrons. The number of thiophene rings is 1. The number of para-hydroxylation sites is 2. The van der Waals surface area contributed by atoms with Crippen LogP contribution in [-0.4, -0.2) is 17.0 Å². The van der Waals surface area contributed by atoms with E-state index in [1.54, 1.807) is 11.3 Å². The predicted octanol–water partition coefficient (Wildman–Crippen LogP) is 4.15. The average molecular weight is 308 g/mol. The van der Waals surface area contributed by atoms with Crippen molar-refractivity contribution in [2.24, 2.45) is 0 Å². The minimum absolute atomic E-state index is 0.862. The first kappa shape index (κ1) is 10.8. The number of halogens is 1. The molecule has 2 aromatic heterocycles. The first-order chi connectivity index (χ1) is 8.24. The fraction of sp³-hybridized carbons (Fsp3) is 0.0833. The highest BCUT2D eigenvalue weighted by Gasteiger charge is 2.10. The summed E-state index contributed by atoms with van der Waals surface area (Å²) in [5, 5.41) is 3.21. The molecule has 0 aliphatic heterocycles. The number of anilines is 2. The number of benzene rings is 1. The molecule has 2 heterocycles. The number of fused-ring (bicyclic) bond motifs is 1. The Labute approximate surface area is 111 Å². The van der Waals surface area contributed by atoms with Gasteiger partial charge in [0.1, 0.15) is 0 Å². The van der Waals surface area contributed by atoms with E-state index >= 15 is 0 Å². The molecule has 1 aromatic carbocycles. The minimum atomic E-state index is 0.862. The number of aromatic nitrogens is 2. The molecule has 0 saturated heterocycles. The molecular weight excluding hydrogens is 298 g/mol. The molecular formula is C12H10BrN3S. The van der Waals surface area contributed by atoms with E-state index in [1.165, 1.54) is 0 Å². The lowest BCUT2D eigenvalue weighted by molar-refractivity contribution is 1.12. The predicted molar refractivity (Wildman–Crippen MR) is 76.2 cm³/mol. The second-order valence-electron chi connectivity index (χ2n) is 3.74. The number of hydrogen-bond acceptors (Lipinski definition) is 3. The van der Waals surface area contributed by atoms with Gasteiger partial charge < -0.3 is 9.88 Å². The van der Waals surface area contributed by atoms with Crippen LogP contribution in [0.4, 0.5) is 10.9 Å². The van der Waals surface area contributed by atoms with E-state index in [0.29, 0.717) is 0 Å². The maximum Gasteiger partial charge on any atom is 0.208 e. The number of nitrogens with zero attached hydrogens (tertiary/aromatic N) is 2. The fourth-order valence-corrected chi connectivity index (χ4v) is 3.07. The molecule has 3 nitrogen and oxygen atoms in total. The van der Waals surface area contributed by atoms with Gasteiger partial charge in [0, 0.05) is 16.9 Å². The summed E-state index contributed by atoms with van der Waals surface area (Å²) in [6.45, 7) is 0. The highest BCUT2D eigenvalue weighted by Crippen LogP contribution is 2.31. The lowest BCUT2D eigenvalue weighted by atomic mass is 10.3. The van der Waals surface area contributed by atoms with Gasteiger partial charge in [-0.15, -0.1) is 11.3 Å². The summed E-state index contributed by atoms with van der Waals surface area (Å²) >= 11 is 5.14. The van der Waals surface area contributed by atoms with Crippen LogP contribution in [0.3, 0.4) is 0 Å². The summed E-state index contributed by atoms with van der Waals surface area (Å²) in [6.07, 6.45) is 0. The van der Waals surface area contributed by atoms with Crippen LogP contribution in [0.25, 0.3) is 11.0 Å². The third-order valence-electron chi connectivity index (χ3n) is 2.58. The molecule has 0 fully saturated rings. The van der Waals surface area contributed by atoms with E-state index < -0.39 is 0 Å². The molecule has 3 rings (SSSR count). The van der Waals surface area contributed by atoms with Gasteiger partial charge in [-0.1, -0.05) is 12.1 Å². The lowest BCUT2D eigenvalue weighted by Crippen LogP contribution is -2.09. The third-order valence-corrected chi connectivity index (χ3v) is 4.34. The molecule has 0 saturated carbocycles. The van der Waals surface area contributed by atoms with Gasteiger partial charge in [-0.3, -0.25) is 0 Å². The number of H-pyrrole nitrogens is 1. The first-order valence-electron chi connectivity index (χ1n) is 5.16. The summed E-state index contributed by atoms with van der Waals surface area (Å²) in [7, 11) is 2.01. The Balaban J connectivity index is 2.03. The molecule has 0 amide bonds. The lowest BCUT2D eigenvalue weighted by Gasteiger charge is -2.12. The van der Waals surface area contributed by atoms with Crippen LogP contribution < -0.4 is 4.90 Å². The van der Waals surface area contributed by atoms with Gasteiger partial charge in [0.25, 0.3) is 0 Å². The van der Waals surface area contributed by atoms with Gasteiger partial charge in [-0.05, 0) is 34.1 Å². The molecule has 0 unspecified atom stereocenters. The number of nitrogens with one attached hydrogen (secondary N) is 1. The number of aromatic amines is 1. The first-order valence-corrected chi connectivity index (χ1v) is 6.84.